The number of ether oxygens (including phenoxy) is 3. The summed E-state index contributed by atoms with van der Waals surface area (Å²) in [5, 5.41) is 11.8. The zero-order chi connectivity index (χ0) is 24.0. The van der Waals surface area contributed by atoms with Crippen molar-refractivity contribution in [1.29, 1.82) is 0 Å². The minimum absolute atomic E-state index is 0.0951. The van der Waals surface area contributed by atoms with E-state index >= 15 is 0 Å². The van der Waals surface area contributed by atoms with E-state index in [4.69, 9.17) is 14.2 Å². The van der Waals surface area contributed by atoms with Crippen molar-refractivity contribution < 1.29 is 19.3 Å². The van der Waals surface area contributed by atoms with Gasteiger partial charge in [-0.05, 0) is 11.1 Å². The Morgan fingerprint density at radius 1 is 1.03 bits per heavy atom. The van der Waals surface area contributed by atoms with E-state index in [1.165, 1.54) is 16.8 Å². The third-order valence-corrected chi connectivity index (χ3v) is 5.80. The van der Waals surface area contributed by atoms with Gasteiger partial charge in [-0.3, -0.25) is 14.3 Å². The van der Waals surface area contributed by atoms with Crippen LogP contribution in [0.15, 0.2) is 95.2 Å². The van der Waals surface area contributed by atoms with E-state index in [0.29, 0.717) is 6.61 Å². The van der Waals surface area contributed by atoms with Gasteiger partial charge in [-0.1, -0.05) is 66.7 Å². The van der Waals surface area contributed by atoms with E-state index in [1.807, 2.05) is 60.7 Å². The van der Waals surface area contributed by atoms with Gasteiger partial charge in [0.25, 0.3) is 5.56 Å². The number of nitrogens with one attached hydrogen (secondary N) is 1. The molecule has 1 aromatic heterocycles. The molecular formula is C26H28N2O6. The highest BCUT2D eigenvalue weighted by atomic mass is 16.6. The standard InChI is InChI=1S/C26H28N2O6/c1-2-14-26(31)23(33-17-20-11-7-4-8-12-20)21(18-32-16-19-9-5-3-6-10-19)34-24(26)28-15-13-22(29)27-25(28)30/h2-13,15,21,23-24,31H,1,14,16-18H2,(H,27,29,30)/t21-,23-,24-,26+/m1/s1. The Labute approximate surface area is 197 Å². The molecule has 0 bridgehead atoms. The van der Waals surface area contributed by atoms with Crippen molar-refractivity contribution in [2.45, 2.75) is 43.7 Å². The molecule has 0 saturated carbocycles. The van der Waals surface area contributed by atoms with Crippen LogP contribution in [0.2, 0.25) is 0 Å². The zero-order valence-electron chi connectivity index (χ0n) is 18.7. The number of hydrogen-bond donors (Lipinski definition) is 2. The van der Waals surface area contributed by atoms with E-state index in [0.717, 1.165) is 11.1 Å². The lowest BCUT2D eigenvalue weighted by Crippen LogP contribution is -2.50. The molecule has 0 radical (unpaired) electrons. The largest absolute Gasteiger partial charge is 0.382 e. The monoisotopic (exact) mass is 464 g/mol. The number of rotatable bonds is 10. The maximum atomic E-state index is 12.5. The summed E-state index contributed by atoms with van der Waals surface area (Å²) >= 11 is 0. The number of H-pyrrole nitrogens is 1. The molecule has 0 amide bonds. The first-order valence-corrected chi connectivity index (χ1v) is 11.1. The van der Waals surface area contributed by atoms with Gasteiger partial charge in [0.15, 0.2) is 6.23 Å². The molecule has 8 heteroatoms. The van der Waals surface area contributed by atoms with Crippen molar-refractivity contribution in [2.75, 3.05) is 6.61 Å². The molecule has 178 valence electrons. The number of aliphatic hydroxyl groups is 1. The predicted octanol–water partition coefficient (Wildman–Crippen LogP) is 2.54. The first-order valence-electron chi connectivity index (χ1n) is 11.1. The molecule has 2 N–H and O–H groups in total. The van der Waals surface area contributed by atoms with Crippen LogP contribution in [0.25, 0.3) is 0 Å². The van der Waals surface area contributed by atoms with Gasteiger partial charge in [-0.15, -0.1) is 6.58 Å². The molecule has 1 aliphatic rings. The van der Waals surface area contributed by atoms with Crippen LogP contribution in [0.3, 0.4) is 0 Å². The van der Waals surface area contributed by atoms with Gasteiger partial charge < -0.3 is 19.3 Å². The Kier molecular flexibility index (Phi) is 7.54. The van der Waals surface area contributed by atoms with E-state index in [2.05, 4.69) is 11.6 Å². The fourth-order valence-electron chi connectivity index (χ4n) is 4.19. The van der Waals surface area contributed by atoms with Gasteiger partial charge in [0.05, 0.1) is 19.8 Å². The lowest BCUT2D eigenvalue weighted by molar-refractivity contribution is -0.125. The van der Waals surface area contributed by atoms with E-state index in [-0.39, 0.29) is 19.6 Å². The van der Waals surface area contributed by atoms with Gasteiger partial charge in [0.2, 0.25) is 0 Å². The van der Waals surface area contributed by atoms with Crippen LogP contribution >= 0.6 is 0 Å². The summed E-state index contributed by atoms with van der Waals surface area (Å²) in [7, 11) is 0. The molecule has 8 nitrogen and oxygen atoms in total. The minimum Gasteiger partial charge on any atom is -0.382 e. The first kappa shape index (κ1) is 23.8. The van der Waals surface area contributed by atoms with Gasteiger partial charge in [0, 0.05) is 18.7 Å². The molecule has 0 unspecified atom stereocenters. The van der Waals surface area contributed by atoms with E-state index < -0.39 is 35.3 Å². The molecule has 3 aromatic rings. The van der Waals surface area contributed by atoms with Crippen molar-refractivity contribution in [2.24, 2.45) is 0 Å². The van der Waals surface area contributed by atoms with Crippen LogP contribution in [0.4, 0.5) is 0 Å². The second-order valence-electron chi connectivity index (χ2n) is 8.25. The van der Waals surface area contributed by atoms with Gasteiger partial charge >= 0.3 is 5.69 Å². The van der Waals surface area contributed by atoms with Crippen molar-refractivity contribution >= 4 is 0 Å². The Balaban J connectivity index is 1.61. The molecule has 1 saturated heterocycles. The van der Waals surface area contributed by atoms with Crippen molar-refractivity contribution in [3.63, 3.8) is 0 Å². The smallest absolute Gasteiger partial charge is 0.330 e. The summed E-state index contributed by atoms with van der Waals surface area (Å²) < 4.78 is 19.4. The maximum Gasteiger partial charge on any atom is 0.330 e. The average Bonchev–Trinajstić information content (AvgIpc) is 3.10. The quantitative estimate of drug-likeness (QED) is 0.447. The van der Waals surface area contributed by atoms with Gasteiger partial charge in [-0.2, -0.15) is 0 Å². The fourth-order valence-corrected chi connectivity index (χ4v) is 4.19. The van der Waals surface area contributed by atoms with E-state index in [9.17, 15) is 14.7 Å². The lowest BCUT2D eigenvalue weighted by atomic mass is 9.90. The second-order valence-corrected chi connectivity index (χ2v) is 8.25. The lowest BCUT2D eigenvalue weighted by Gasteiger charge is -2.33. The third kappa shape index (κ3) is 5.26. The summed E-state index contributed by atoms with van der Waals surface area (Å²) in [6.07, 6.45) is 0.339. The number of aromatic amines is 1. The SMILES string of the molecule is C=CC[C@]1(O)[C@H](OCc2ccccc2)[C@@H](COCc2ccccc2)O[C@H]1n1ccc(=O)[nH]c1=O. The number of aromatic nitrogens is 2. The molecule has 2 heterocycles. The molecule has 0 spiro atoms. The third-order valence-electron chi connectivity index (χ3n) is 5.80. The van der Waals surface area contributed by atoms with Crippen LogP contribution in [-0.4, -0.2) is 39.1 Å². The fraction of sp³-hybridized carbons (Fsp3) is 0.308. The van der Waals surface area contributed by atoms with Crippen LogP contribution in [-0.2, 0) is 27.4 Å². The minimum atomic E-state index is -1.63. The Hall–Kier alpha value is -3.30. The molecule has 2 aromatic carbocycles. The predicted molar refractivity (Wildman–Crippen MR) is 126 cm³/mol. The zero-order valence-corrected chi connectivity index (χ0v) is 18.7. The summed E-state index contributed by atoms with van der Waals surface area (Å²) in [5.74, 6) is 0. The Morgan fingerprint density at radius 3 is 2.29 bits per heavy atom. The van der Waals surface area contributed by atoms with Crippen LogP contribution in [0.1, 0.15) is 23.8 Å². The van der Waals surface area contributed by atoms with Crippen molar-refractivity contribution in [3.8, 4) is 0 Å². The van der Waals surface area contributed by atoms with Gasteiger partial charge in [0.1, 0.15) is 17.8 Å². The van der Waals surface area contributed by atoms with Crippen molar-refractivity contribution in [1.82, 2.24) is 9.55 Å². The number of benzene rings is 2. The molecule has 34 heavy (non-hydrogen) atoms. The normalized spacial score (nSPS) is 24.2. The maximum absolute atomic E-state index is 12.5. The Morgan fingerprint density at radius 2 is 1.68 bits per heavy atom. The number of hydrogen-bond acceptors (Lipinski definition) is 6. The summed E-state index contributed by atoms with van der Waals surface area (Å²) in [6, 6.07) is 20.5. The van der Waals surface area contributed by atoms with Crippen LogP contribution < -0.4 is 11.2 Å². The highest BCUT2D eigenvalue weighted by Gasteiger charge is 2.57. The molecule has 1 fully saturated rings. The molecule has 4 atom stereocenters. The summed E-state index contributed by atoms with van der Waals surface area (Å²) in [6.45, 7) is 4.48. The average molecular weight is 465 g/mol. The summed E-state index contributed by atoms with van der Waals surface area (Å²) in [5.41, 5.74) is -0.924. The molecular weight excluding hydrogens is 436 g/mol. The highest BCUT2D eigenvalue weighted by Crippen LogP contribution is 2.42. The van der Waals surface area contributed by atoms with Crippen LogP contribution in [0.5, 0.6) is 0 Å². The Bertz CT molecular complexity index is 1190. The van der Waals surface area contributed by atoms with Crippen LogP contribution in [0, 0.1) is 0 Å². The first-order chi connectivity index (χ1) is 16.5. The topological polar surface area (TPSA) is 103 Å². The van der Waals surface area contributed by atoms with Gasteiger partial charge in [-0.25, -0.2) is 4.79 Å². The molecule has 0 aliphatic carbocycles. The molecule has 4 rings (SSSR count). The molecule has 1 aliphatic heterocycles. The number of nitrogens with zero attached hydrogens (tertiary/aromatic N) is 1. The van der Waals surface area contributed by atoms with Crippen molar-refractivity contribution in [3.05, 3.63) is 118 Å². The summed E-state index contributed by atoms with van der Waals surface area (Å²) in [4.78, 5) is 26.3. The van der Waals surface area contributed by atoms with E-state index in [1.54, 1.807) is 6.08 Å². The second kappa shape index (κ2) is 10.8. The highest BCUT2D eigenvalue weighted by molar-refractivity contribution is 5.15.